The lowest BCUT2D eigenvalue weighted by Crippen LogP contribution is -2.62. The van der Waals surface area contributed by atoms with E-state index < -0.39 is 16.9 Å². The third kappa shape index (κ3) is 2.64. The molecule has 2 fully saturated rings. The number of para-hydroxylation sites is 2. The molecular formula is C31H27N3O4. The Morgan fingerprint density at radius 1 is 0.947 bits per heavy atom. The van der Waals surface area contributed by atoms with E-state index in [0.29, 0.717) is 41.4 Å². The number of fused-ring (bicyclic) bond motifs is 7. The van der Waals surface area contributed by atoms with E-state index in [-0.39, 0.29) is 23.6 Å². The maximum absolute atomic E-state index is 14.6. The Morgan fingerprint density at radius 3 is 2.34 bits per heavy atom. The molecule has 3 aromatic carbocycles. The van der Waals surface area contributed by atoms with E-state index in [1.807, 2.05) is 48.5 Å². The van der Waals surface area contributed by atoms with Crippen LogP contribution in [0.15, 0.2) is 85.5 Å². The van der Waals surface area contributed by atoms with Gasteiger partial charge in [0.2, 0.25) is 5.91 Å². The summed E-state index contributed by atoms with van der Waals surface area (Å²) < 4.78 is 5.62. The normalized spacial score (nSPS) is 28.6. The highest BCUT2D eigenvalue weighted by atomic mass is 16.5. The van der Waals surface area contributed by atoms with Crippen LogP contribution in [0.2, 0.25) is 0 Å². The minimum atomic E-state index is -1.43. The molecule has 4 atom stereocenters. The number of rotatable bonds is 5. The molecule has 7 rings (SSSR count). The molecule has 0 radical (unpaired) electrons. The monoisotopic (exact) mass is 505 g/mol. The summed E-state index contributed by atoms with van der Waals surface area (Å²) >= 11 is 0. The number of Topliss-reactive ketones (excluding diaryl/α,β-unsaturated/α-hetero) is 1. The summed E-state index contributed by atoms with van der Waals surface area (Å²) in [4.78, 5) is 45.5. The van der Waals surface area contributed by atoms with E-state index >= 15 is 0 Å². The molecule has 0 saturated carbocycles. The fraction of sp³-hybridized carbons (Fsp3) is 0.258. The standard InChI is InChI=1S/C31H27N3O4/c1-2-18-38-20-15-13-19(14-16-20)27(35)26-25-12-7-17-34(25)31(22-9-4-6-11-24(22)33-29(31)37)30(26)21-8-3-5-10-23(21)32-28(30)36/h2-6,8-11,13-16,25-26H,1,7,12,17-18H2,(H,32,36)(H,33,37). The van der Waals surface area contributed by atoms with Crippen molar-refractivity contribution in [2.24, 2.45) is 5.92 Å². The molecule has 4 aliphatic rings. The second kappa shape index (κ2) is 8.13. The van der Waals surface area contributed by atoms with Crippen molar-refractivity contribution < 1.29 is 19.1 Å². The SMILES string of the molecule is C=CCOc1ccc(C(=O)C2C3CCCN3C3(C(=O)Nc4ccccc43)C23C(=O)Nc2ccccc23)cc1. The second-order valence-corrected chi connectivity index (χ2v) is 10.4. The van der Waals surface area contributed by atoms with Crippen molar-refractivity contribution in [3.8, 4) is 5.75 Å². The third-order valence-corrected chi connectivity index (χ3v) is 8.79. The molecule has 190 valence electrons. The first-order valence-corrected chi connectivity index (χ1v) is 13.0. The molecule has 3 aromatic rings. The zero-order chi connectivity index (χ0) is 26.1. The van der Waals surface area contributed by atoms with E-state index in [1.165, 1.54) is 0 Å². The van der Waals surface area contributed by atoms with Crippen molar-refractivity contribution in [3.05, 3.63) is 102 Å². The van der Waals surface area contributed by atoms with Crippen LogP contribution in [0.5, 0.6) is 5.75 Å². The van der Waals surface area contributed by atoms with Gasteiger partial charge in [0, 0.05) is 28.5 Å². The number of hydrogen-bond donors (Lipinski definition) is 2. The lowest BCUT2D eigenvalue weighted by atomic mass is 9.57. The van der Waals surface area contributed by atoms with Crippen molar-refractivity contribution in [2.45, 2.75) is 29.8 Å². The molecule has 4 aliphatic heterocycles. The smallest absolute Gasteiger partial charge is 0.251 e. The van der Waals surface area contributed by atoms with Crippen LogP contribution >= 0.6 is 0 Å². The second-order valence-electron chi connectivity index (χ2n) is 10.4. The number of nitrogens with one attached hydrogen (secondary N) is 2. The summed E-state index contributed by atoms with van der Waals surface area (Å²) in [5, 5.41) is 6.14. The highest BCUT2D eigenvalue weighted by Crippen LogP contribution is 2.67. The minimum absolute atomic E-state index is 0.141. The van der Waals surface area contributed by atoms with Crippen LogP contribution in [0.3, 0.4) is 0 Å². The molecule has 0 bridgehead atoms. The molecule has 2 spiro atoms. The van der Waals surface area contributed by atoms with E-state index in [4.69, 9.17) is 4.74 Å². The number of carbonyl (C=O) groups is 3. The third-order valence-electron chi connectivity index (χ3n) is 8.79. The fourth-order valence-electron chi connectivity index (χ4n) is 7.58. The van der Waals surface area contributed by atoms with E-state index in [9.17, 15) is 14.4 Å². The van der Waals surface area contributed by atoms with Crippen LogP contribution in [-0.4, -0.2) is 41.7 Å². The lowest BCUT2D eigenvalue weighted by molar-refractivity contribution is -0.137. The molecule has 0 aromatic heterocycles. The molecular weight excluding hydrogens is 478 g/mol. The number of benzene rings is 3. The summed E-state index contributed by atoms with van der Waals surface area (Å²) in [6.07, 6.45) is 3.24. The van der Waals surface area contributed by atoms with Crippen molar-refractivity contribution in [2.75, 3.05) is 23.8 Å². The van der Waals surface area contributed by atoms with Crippen LogP contribution in [0, 0.1) is 5.92 Å². The van der Waals surface area contributed by atoms with Gasteiger partial charge in [-0.05, 0) is 61.3 Å². The average molecular weight is 506 g/mol. The van der Waals surface area contributed by atoms with Crippen LogP contribution in [0.1, 0.15) is 34.3 Å². The minimum Gasteiger partial charge on any atom is -0.490 e. The number of carbonyl (C=O) groups excluding carboxylic acids is 3. The maximum atomic E-state index is 14.6. The molecule has 0 aliphatic carbocycles. The zero-order valence-corrected chi connectivity index (χ0v) is 20.8. The summed E-state index contributed by atoms with van der Waals surface area (Å²) in [6, 6.07) is 21.8. The van der Waals surface area contributed by atoms with Gasteiger partial charge in [-0.1, -0.05) is 49.1 Å². The summed E-state index contributed by atoms with van der Waals surface area (Å²) in [6.45, 7) is 4.67. The number of ether oxygens (including phenoxy) is 1. The molecule has 38 heavy (non-hydrogen) atoms. The first kappa shape index (κ1) is 22.9. The molecule has 4 heterocycles. The van der Waals surface area contributed by atoms with Gasteiger partial charge >= 0.3 is 0 Å². The topological polar surface area (TPSA) is 87.7 Å². The van der Waals surface area contributed by atoms with Gasteiger partial charge in [0.1, 0.15) is 23.3 Å². The van der Waals surface area contributed by atoms with Crippen LogP contribution in [0.4, 0.5) is 11.4 Å². The van der Waals surface area contributed by atoms with Gasteiger partial charge in [-0.3, -0.25) is 19.3 Å². The Hall–Kier alpha value is -4.23. The quantitative estimate of drug-likeness (QED) is 0.400. The van der Waals surface area contributed by atoms with E-state index in [2.05, 4.69) is 22.1 Å². The van der Waals surface area contributed by atoms with Crippen LogP contribution in [0.25, 0.3) is 0 Å². The number of nitrogens with zero attached hydrogens (tertiary/aromatic N) is 1. The van der Waals surface area contributed by atoms with Crippen molar-refractivity contribution in [3.63, 3.8) is 0 Å². The van der Waals surface area contributed by atoms with Crippen molar-refractivity contribution in [1.29, 1.82) is 0 Å². The fourth-order valence-corrected chi connectivity index (χ4v) is 7.58. The highest BCUT2D eigenvalue weighted by Gasteiger charge is 2.81. The largest absolute Gasteiger partial charge is 0.490 e. The highest BCUT2D eigenvalue weighted by molar-refractivity contribution is 6.21. The van der Waals surface area contributed by atoms with Gasteiger partial charge in [-0.2, -0.15) is 0 Å². The molecule has 2 saturated heterocycles. The molecule has 2 N–H and O–H groups in total. The van der Waals surface area contributed by atoms with Gasteiger partial charge in [0.15, 0.2) is 5.78 Å². The van der Waals surface area contributed by atoms with E-state index in [0.717, 1.165) is 18.4 Å². The maximum Gasteiger partial charge on any atom is 0.251 e. The van der Waals surface area contributed by atoms with Crippen LogP contribution < -0.4 is 15.4 Å². The molecule has 4 unspecified atom stereocenters. The van der Waals surface area contributed by atoms with Gasteiger partial charge in [-0.15, -0.1) is 0 Å². The Bertz CT molecular complexity index is 1520. The zero-order valence-electron chi connectivity index (χ0n) is 20.8. The first-order valence-electron chi connectivity index (χ1n) is 13.0. The van der Waals surface area contributed by atoms with Crippen LogP contribution in [-0.2, 0) is 20.5 Å². The Balaban J connectivity index is 1.49. The molecule has 7 heteroatoms. The molecule has 7 nitrogen and oxygen atoms in total. The predicted octanol–water partition coefficient (Wildman–Crippen LogP) is 4.27. The summed E-state index contributed by atoms with van der Waals surface area (Å²) in [5.74, 6) is -0.816. The van der Waals surface area contributed by atoms with Crippen molar-refractivity contribution in [1.82, 2.24) is 4.90 Å². The van der Waals surface area contributed by atoms with Gasteiger partial charge in [0.25, 0.3) is 5.91 Å². The van der Waals surface area contributed by atoms with E-state index in [1.54, 1.807) is 30.3 Å². The number of anilines is 2. The lowest BCUT2D eigenvalue weighted by Gasteiger charge is -2.43. The Kier molecular flexibility index (Phi) is 4.91. The average Bonchev–Trinajstić information content (AvgIpc) is 3.66. The summed E-state index contributed by atoms with van der Waals surface area (Å²) in [5.41, 5.74) is 0.531. The van der Waals surface area contributed by atoms with Crippen molar-refractivity contribution >= 4 is 29.0 Å². The number of ketones is 1. The Morgan fingerprint density at radius 2 is 1.61 bits per heavy atom. The number of amides is 2. The summed E-state index contributed by atoms with van der Waals surface area (Å²) in [7, 11) is 0. The predicted molar refractivity (Wildman–Crippen MR) is 143 cm³/mol. The number of hydrogen-bond acceptors (Lipinski definition) is 5. The first-order chi connectivity index (χ1) is 18.5. The van der Waals surface area contributed by atoms with Gasteiger partial charge in [-0.25, -0.2) is 0 Å². The van der Waals surface area contributed by atoms with Gasteiger partial charge in [0.05, 0.1) is 5.92 Å². The molecule has 2 amide bonds. The Labute approximate surface area is 220 Å². The van der Waals surface area contributed by atoms with Gasteiger partial charge < -0.3 is 15.4 Å².